The van der Waals surface area contributed by atoms with Gasteiger partial charge in [0.15, 0.2) is 0 Å². The van der Waals surface area contributed by atoms with Crippen LogP contribution in [0.5, 0.6) is 0 Å². The molecule has 2 N–H and O–H groups in total. The number of ether oxygens (including phenoxy) is 1. The Morgan fingerprint density at radius 1 is 0.872 bits per heavy atom. The van der Waals surface area contributed by atoms with Crippen molar-refractivity contribution in [3.63, 3.8) is 0 Å². The van der Waals surface area contributed by atoms with E-state index in [1.54, 1.807) is 18.6 Å². The van der Waals surface area contributed by atoms with Gasteiger partial charge in [0.2, 0.25) is 11.9 Å². The van der Waals surface area contributed by atoms with Crippen LogP contribution in [0.4, 0.5) is 30.8 Å². The van der Waals surface area contributed by atoms with Crippen molar-refractivity contribution >= 4 is 23.5 Å². The van der Waals surface area contributed by atoms with Gasteiger partial charge in [0.25, 0.3) is 0 Å². The quantitative estimate of drug-likeness (QED) is 0.199. The maximum atomic E-state index is 13.8. The molecular weight excluding hydrogens is 609 g/mol. The minimum atomic E-state index is -4.58. The van der Waals surface area contributed by atoms with Gasteiger partial charge < -0.3 is 15.4 Å². The zero-order valence-electron chi connectivity index (χ0n) is 26.1. The van der Waals surface area contributed by atoms with Gasteiger partial charge in [-0.2, -0.15) is 18.2 Å². The summed E-state index contributed by atoms with van der Waals surface area (Å²) in [4.78, 5) is 37.3. The Labute approximate surface area is 271 Å². The maximum absolute atomic E-state index is 13.8. The summed E-state index contributed by atoms with van der Waals surface area (Å²) in [7, 11) is 0. The molecule has 47 heavy (non-hydrogen) atoms. The van der Waals surface area contributed by atoms with E-state index in [2.05, 4.69) is 30.6 Å². The highest BCUT2D eigenvalue weighted by molar-refractivity contribution is 5.93. The molecule has 0 radical (unpaired) electrons. The second-order valence-electron chi connectivity index (χ2n) is 11.9. The molecular formula is C34H37F3N8O2. The molecule has 0 unspecified atom stereocenters. The molecule has 1 aliphatic heterocycles. The molecule has 0 bridgehead atoms. The Bertz CT molecular complexity index is 1630. The Balaban J connectivity index is 1.15. The summed E-state index contributed by atoms with van der Waals surface area (Å²) in [6.07, 6.45) is 5.93. The number of nitrogens with one attached hydrogen (secondary N) is 2. The minimum Gasteiger partial charge on any atom is -0.377 e. The van der Waals surface area contributed by atoms with Gasteiger partial charge in [0.05, 0.1) is 19.3 Å². The molecule has 1 aliphatic carbocycles. The fourth-order valence-corrected chi connectivity index (χ4v) is 5.86. The lowest BCUT2D eigenvalue weighted by Crippen LogP contribution is -2.45. The summed E-state index contributed by atoms with van der Waals surface area (Å²) < 4.78 is 45.9. The van der Waals surface area contributed by atoms with E-state index < -0.39 is 11.7 Å². The van der Waals surface area contributed by atoms with Crippen LogP contribution in [0, 0.1) is 0 Å². The molecule has 1 amide bonds. The number of carbonyl (C=O) groups is 1. The number of nitrogens with zero attached hydrogens (tertiary/aromatic N) is 6. The zero-order chi connectivity index (χ0) is 32.8. The fraction of sp³-hybridized carbons (Fsp3) is 0.412. The van der Waals surface area contributed by atoms with E-state index >= 15 is 0 Å². The van der Waals surface area contributed by atoms with Gasteiger partial charge in [-0.1, -0.05) is 37.3 Å². The van der Waals surface area contributed by atoms with Gasteiger partial charge in [0.1, 0.15) is 23.0 Å². The Kier molecular flexibility index (Phi) is 9.90. The van der Waals surface area contributed by atoms with E-state index in [0.29, 0.717) is 57.6 Å². The predicted octanol–water partition coefficient (Wildman–Crippen LogP) is 6.11. The number of hydrogen-bond donors (Lipinski definition) is 2. The molecule has 1 saturated carbocycles. The third kappa shape index (κ3) is 8.02. The van der Waals surface area contributed by atoms with Crippen LogP contribution >= 0.6 is 0 Å². The number of benzene rings is 1. The standard InChI is InChI=1S/C34H37F3N8O2/c1-2-29-38-17-24(18-39-29)23-9-14-30(40-16-23)45(31(46)15-8-22-6-4-3-5-7-22)27-12-10-25(11-13-27)43-33-41-19-28(34(35,36)37)32(44-33)42-26-20-47-21-26/h3-7,9,14,16-19,25-27H,2,8,10-13,15,20-21H2,1H3,(H2,41,42,43,44). The monoisotopic (exact) mass is 646 g/mol. The van der Waals surface area contributed by atoms with Gasteiger partial charge in [-0.25, -0.2) is 19.9 Å². The topological polar surface area (TPSA) is 118 Å². The van der Waals surface area contributed by atoms with Crippen molar-refractivity contribution in [3.8, 4) is 11.1 Å². The van der Waals surface area contributed by atoms with Crippen LogP contribution in [0.25, 0.3) is 11.1 Å². The molecule has 0 atom stereocenters. The number of pyridine rings is 1. The van der Waals surface area contributed by atoms with Crippen molar-refractivity contribution in [2.45, 2.75) is 76.2 Å². The Morgan fingerprint density at radius 2 is 1.60 bits per heavy atom. The number of amides is 1. The fourth-order valence-electron chi connectivity index (χ4n) is 5.86. The van der Waals surface area contributed by atoms with Crippen LogP contribution in [0.2, 0.25) is 0 Å². The first-order valence-electron chi connectivity index (χ1n) is 15.9. The molecule has 4 aromatic rings. The van der Waals surface area contributed by atoms with Gasteiger partial charge in [-0.3, -0.25) is 9.69 Å². The number of anilines is 3. The number of aromatic nitrogens is 5. The molecule has 246 valence electrons. The van der Waals surface area contributed by atoms with Crippen LogP contribution in [-0.2, 0) is 28.5 Å². The number of rotatable bonds is 11. The van der Waals surface area contributed by atoms with Crippen molar-refractivity contribution in [2.24, 2.45) is 0 Å². The number of carbonyl (C=O) groups excluding carboxylic acids is 1. The number of hydrogen-bond acceptors (Lipinski definition) is 9. The summed E-state index contributed by atoms with van der Waals surface area (Å²) in [6.45, 7) is 2.65. The molecule has 1 aromatic carbocycles. The average Bonchev–Trinajstić information content (AvgIpc) is 3.07. The van der Waals surface area contributed by atoms with Crippen LogP contribution in [0.1, 0.15) is 56.0 Å². The summed E-state index contributed by atoms with van der Waals surface area (Å²) in [6, 6.07) is 13.3. The van der Waals surface area contributed by atoms with E-state index in [0.717, 1.165) is 35.1 Å². The lowest BCUT2D eigenvalue weighted by molar-refractivity contribution is -0.137. The van der Waals surface area contributed by atoms with Gasteiger partial charge in [0, 0.05) is 60.8 Å². The first kappa shape index (κ1) is 32.3. The molecule has 3 aromatic heterocycles. The second kappa shape index (κ2) is 14.4. The smallest absolute Gasteiger partial charge is 0.377 e. The molecule has 13 heteroatoms. The number of alkyl halides is 3. The third-order valence-electron chi connectivity index (χ3n) is 8.56. The molecule has 10 nitrogen and oxygen atoms in total. The van der Waals surface area contributed by atoms with Crippen molar-refractivity contribution in [1.82, 2.24) is 24.9 Å². The van der Waals surface area contributed by atoms with Crippen molar-refractivity contribution in [2.75, 3.05) is 28.7 Å². The van der Waals surface area contributed by atoms with Gasteiger partial charge in [-0.15, -0.1) is 0 Å². The number of aryl methyl sites for hydroxylation is 2. The Morgan fingerprint density at radius 3 is 2.21 bits per heavy atom. The summed E-state index contributed by atoms with van der Waals surface area (Å²) in [5.41, 5.74) is 1.88. The lowest BCUT2D eigenvalue weighted by atomic mass is 9.89. The highest BCUT2D eigenvalue weighted by atomic mass is 19.4. The summed E-state index contributed by atoms with van der Waals surface area (Å²) in [5.74, 6) is 1.21. The third-order valence-corrected chi connectivity index (χ3v) is 8.56. The molecule has 6 rings (SSSR count). The lowest BCUT2D eigenvalue weighted by Gasteiger charge is -2.37. The van der Waals surface area contributed by atoms with Crippen LogP contribution in [-0.4, -0.2) is 62.2 Å². The first-order chi connectivity index (χ1) is 22.8. The minimum absolute atomic E-state index is 0.0112. The van der Waals surface area contributed by atoms with Crippen LogP contribution in [0.3, 0.4) is 0 Å². The SMILES string of the molecule is CCc1ncc(-c2ccc(N(C(=O)CCc3ccccc3)C3CCC(Nc4ncc(C(F)(F)F)c(NC5COC5)n4)CC3)nc2)cn1. The highest BCUT2D eigenvalue weighted by Gasteiger charge is 2.37. The van der Waals surface area contributed by atoms with E-state index in [1.165, 1.54) is 0 Å². The maximum Gasteiger partial charge on any atom is 0.421 e. The normalized spacial score (nSPS) is 18.3. The van der Waals surface area contributed by atoms with Crippen LogP contribution < -0.4 is 15.5 Å². The summed E-state index contributed by atoms with van der Waals surface area (Å²) in [5, 5.41) is 6.06. The molecule has 2 fully saturated rings. The van der Waals surface area contributed by atoms with Crippen molar-refractivity contribution in [1.29, 1.82) is 0 Å². The van der Waals surface area contributed by atoms with E-state index in [9.17, 15) is 18.0 Å². The molecule has 0 spiro atoms. The molecule has 2 aliphatic rings. The van der Waals surface area contributed by atoms with E-state index in [1.807, 2.05) is 54.3 Å². The Hall–Kier alpha value is -4.65. The highest BCUT2D eigenvalue weighted by Crippen LogP contribution is 2.35. The predicted molar refractivity (Wildman–Crippen MR) is 172 cm³/mol. The second-order valence-corrected chi connectivity index (χ2v) is 11.9. The summed E-state index contributed by atoms with van der Waals surface area (Å²) >= 11 is 0. The van der Waals surface area contributed by atoms with Gasteiger partial charge >= 0.3 is 6.18 Å². The average molecular weight is 647 g/mol. The van der Waals surface area contributed by atoms with Crippen LogP contribution in [0.15, 0.2) is 67.3 Å². The van der Waals surface area contributed by atoms with E-state index in [-0.39, 0.29) is 35.8 Å². The number of halogens is 3. The van der Waals surface area contributed by atoms with E-state index in [4.69, 9.17) is 9.72 Å². The zero-order valence-corrected chi connectivity index (χ0v) is 26.1. The first-order valence-corrected chi connectivity index (χ1v) is 15.9. The van der Waals surface area contributed by atoms with Crippen molar-refractivity contribution < 1.29 is 22.7 Å². The largest absolute Gasteiger partial charge is 0.421 e. The molecule has 4 heterocycles. The molecule has 1 saturated heterocycles. The van der Waals surface area contributed by atoms with Gasteiger partial charge in [-0.05, 0) is 49.8 Å². The van der Waals surface area contributed by atoms with Crippen molar-refractivity contribution in [3.05, 3.63) is 84.2 Å².